The third-order valence-corrected chi connectivity index (χ3v) is 19.7. The molecule has 0 bridgehead atoms. The van der Waals surface area contributed by atoms with Crippen LogP contribution in [0.5, 0.6) is 0 Å². The van der Waals surface area contributed by atoms with Crippen LogP contribution in [0.3, 0.4) is 0 Å². The van der Waals surface area contributed by atoms with Gasteiger partial charge in [0.2, 0.25) is 0 Å². The molecule has 0 aromatic heterocycles. The number of carbonyl (C=O) groups excluding carboxylic acids is 4. The first-order valence-corrected chi connectivity index (χ1v) is 42.9. The first-order valence-electron chi connectivity index (χ1n) is 39.9. The second-order valence-corrected chi connectivity index (χ2v) is 30.3. The average Bonchev–Trinajstić information content (AvgIpc) is 1.19. The minimum atomic E-state index is -4.96. The van der Waals surface area contributed by atoms with Gasteiger partial charge in [0.25, 0.3) is 0 Å². The minimum absolute atomic E-state index is 0.0951. The van der Waals surface area contributed by atoms with Crippen LogP contribution in [0.2, 0.25) is 0 Å². The highest BCUT2D eigenvalue weighted by Gasteiger charge is 2.30. The molecule has 0 aliphatic rings. The van der Waals surface area contributed by atoms with Crippen LogP contribution in [0.1, 0.15) is 400 Å². The summed E-state index contributed by atoms with van der Waals surface area (Å²) < 4.78 is 68.6. The van der Waals surface area contributed by atoms with Crippen LogP contribution >= 0.6 is 15.6 Å². The Balaban J connectivity index is 5.28. The maximum absolute atomic E-state index is 13.1. The summed E-state index contributed by atoms with van der Waals surface area (Å²) >= 11 is 0. The predicted octanol–water partition coefficient (Wildman–Crippen LogP) is 22.8. The van der Waals surface area contributed by atoms with Crippen LogP contribution in [0.25, 0.3) is 0 Å². The lowest BCUT2D eigenvalue weighted by molar-refractivity contribution is -0.161. The molecule has 568 valence electrons. The fourth-order valence-electron chi connectivity index (χ4n) is 11.6. The van der Waals surface area contributed by atoms with Crippen LogP contribution in [0.4, 0.5) is 0 Å². The van der Waals surface area contributed by atoms with E-state index in [1.807, 2.05) is 0 Å². The van der Waals surface area contributed by atoms with E-state index in [1.54, 1.807) is 0 Å². The molecule has 19 heteroatoms. The molecule has 0 rings (SSSR count). The van der Waals surface area contributed by atoms with Gasteiger partial charge in [-0.2, -0.15) is 0 Å². The fourth-order valence-corrected chi connectivity index (χ4v) is 13.2. The van der Waals surface area contributed by atoms with Crippen molar-refractivity contribution in [2.45, 2.75) is 418 Å². The van der Waals surface area contributed by atoms with Gasteiger partial charge in [0.1, 0.15) is 19.3 Å². The molecule has 0 aliphatic carbocycles. The first kappa shape index (κ1) is 93.8. The molecule has 2 unspecified atom stereocenters. The van der Waals surface area contributed by atoms with Gasteiger partial charge < -0.3 is 33.8 Å². The van der Waals surface area contributed by atoms with E-state index in [-0.39, 0.29) is 25.7 Å². The van der Waals surface area contributed by atoms with E-state index in [4.69, 9.17) is 37.0 Å². The number of carbonyl (C=O) groups is 4. The summed E-state index contributed by atoms with van der Waals surface area (Å²) in [7, 11) is -9.92. The van der Waals surface area contributed by atoms with E-state index in [0.29, 0.717) is 25.7 Å². The summed E-state index contributed by atoms with van der Waals surface area (Å²) in [6, 6.07) is 0. The number of ether oxygens (including phenoxy) is 4. The third-order valence-electron chi connectivity index (χ3n) is 17.8. The quantitative estimate of drug-likeness (QED) is 0.0169. The molecule has 5 atom stereocenters. The zero-order valence-electron chi connectivity index (χ0n) is 62.1. The molecule has 0 fully saturated rings. The number of aliphatic hydroxyl groups is 1. The maximum atomic E-state index is 13.1. The van der Waals surface area contributed by atoms with E-state index in [9.17, 15) is 43.2 Å². The average molecular weight is 1410 g/mol. The fraction of sp³-hybridized carbons (Fsp3) is 0.922. The molecule has 3 N–H and O–H groups in total. The number of phosphoric ester groups is 2. The van der Waals surface area contributed by atoms with Crippen molar-refractivity contribution in [3.63, 3.8) is 0 Å². The highest BCUT2D eigenvalue weighted by molar-refractivity contribution is 7.47. The molecule has 0 spiro atoms. The summed E-state index contributed by atoms with van der Waals surface area (Å²) in [5, 5.41) is 10.6. The molecule has 96 heavy (non-hydrogen) atoms. The number of esters is 4. The summed E-state index contributed by atoms with van der Waals surface area (Å²) in [4.78, 5) is 72.9. The number of phosphoric acid groups is 2. The largest absolute Gasteiger partial charge is 0.472 e. The highest BCUT2D eigenvalue weighted by Crippen LogP contribution is 2.45. The molecule has 0 saturated heterocycles. The van der Waals surface area contributed by atoms with E-state index < -0.39 is 97.5 Å². The van der Waals surface area contributed by atoms with E-state index in [0.717, 1.165) is 103 Å². The maximum Gasteiger partial charge on any atom is 0.472 e. The Hall–Kier alpha value is -2.20. The highest BCUT2D eigenvalue weighted by atomic mass is 31.2. The molecular formula is C77H148O17P2. The van der Waals surface area contributed by atoms with Crippen molar-refractivity contribution in [2.75, 3.05) is 39.6 Å². The minimum Gasteiger partial charge on any atom is -0.462 e. The second kappa shape index (κ2) is 71.2. The number of rotatable bonds is 77. The van der Waals surface area contributed by atoms with E-state index >= 15 is 0 Å². The number of allylic oxidation sites excluding steroid dienone is 2. The molecule has 0 aromatic carbocycles. The monoisotopic (exact) mass is 1410 g/mol. The smallest absolute Gasteiger partial charge is 0.462 e. The van der Waals surface area contributed by atoms with Gasteiger partial charge in [-0.25, -0.2) is 9.13 Å². The summed E-state index contributed by atoms with van der Waals surface area (Å²) in [5.41, 5.74) is 0. The van der Waals surface area contributed by atoms with Gasteiger partial charge in [-0.05, 0) is 51.4 Å². The molecule has 0 amide bonds. The topological polar surface area (TPSA) is 237 Å². The Labute approximate surface area is 587 Å². The van der Waals surface area contributed by atoms with Crippen molar-refractivity contribution in [1.82, 2.24) is 0 Å². The predicted molar refractivity (Wildman–Crippen MR) is 391 cm³/mol. The molecule has 0 heterocycles. The summed E-state index contributed by atoms with van der Waals surface area (Å²) in [6.45, 7) is 4.98. The van der Waals surface area contributed by atoms with Gasteiger partial charge in [0, 0.05) is 25.7 Å². The van der Waals surface area contributed by atoms with Gasteiger partial charge in [-0.15, -0.1) is 0 Å². The van der Waals surface area contributed by atoms with Gasteiger partial charge in [0.05, 0.1) is 26.4 Å². The van der Waals surface area contributed by atoms with Crippen molar-refractivity contribution in [1.29, 1.82) is 0 Å². The summed E-state index contributed by atoms with van der Waals surface area (Å²) in [6.07, 6.45) is 63.3. The molecule has 0 aromatic rings. The van der Waals surface area contributed by atoms with E-state index in [2.05, 4.69) is 39.8 Å². The van der Waals surface area contributed by atoms with Crippen molar-refractivity contribution >= 4 is 39.5 Å². The zero-order chi connectivity index (χ0) is 70.4. The number of aliphatic hydroxyl groups excluding tert-OH is 1. The van der Waals surface area contributed by atoms with Crippen LogP contribution in [-0.4, -0.2) is 96.7 Å². The van der Waals surface area contributed by atoms with Gasteiger partial charge >= 0.3 is 39.5 Å². The SMILES string of the molecule is CCCCCCCC/C=C\CCCCCCCC(=O)O[C@H](COC(=O)CCCCCCCCCCCCCCC)COP(=O)(O)OC[C@H](O)COP(=O)(O)OC[C@@H](COC(=O)CCCCCCCCCCCCCCC)OC(=O)CCCCCCCCCCCCCCCCC. The van der Waals surface area contributed by atoms with Gasteiger partial charge in [0.15, 0.2) is 12.2 Å². The van der Waals surface area contributed by atoms with Crippen LogP contribution in [0, 0.1) is 0 Å². The van der Waals surface area contributed by atoms with Gasteiger partial charge in [-0.3, -0.25) is 37.3 Å². The van der Waals surface area contributed by atoms with Crippen molar-refractivity contribution in [3.8, 4) is 0 Å². The Morgan fingerprint density at radius 2 is 0.479 bits per heavy atom. The lowest BCUT2D eigenvalue weighted by Gasteiger charge is -2.21. The lowest BCUT2D eigenvalue weighted by atomic mass is 10.0. The van der Waals surface area contributed by atoms with Crippen molar-refractivity contribution in [3.05, 3.63) is 12.2 Å². The Kier molecular flexibility index (Phi) is 69.6. The second-order valence-electron chi connectivity index (χ2n) is 27.4. The summed E-state index contributed by atoms with van der Waals surface area (Å²) in [5.74, 6) is -2.12. The number of hydrogen-bond acceptors (Lipinski definition) is 15. The van der Waals surface area contributed by atoms with E-state index in [1.165, 1.54) is 218 Å². The van der Waals surface area contributed by atoms with Crippen LogP contribution in [-0.2, 0) is 65.4 Å². The normalized spacial score (nSPS) is 13.9. The van der Waals surface area contributed by atoms with Crippen LogP contribution in [0.15, 0.2) is 12.2 Å². The lowest BCUT2D eigenvalue weighted by Crippen LogP contribution is -2.30. The molecule has 0 radical (unpaired) electrons. The Bertz CT molecular complexity index is 1870. The van der Waals surface area contributed by atoms with Gasteiger partial charge in [-0.1, -0.05) is 335 Å². The molecule has 0 saturated carbocycles. The zero-order valence-corrected chi connectivity index (χ0v) is 63.9. The number of hydrogen-bond donors (Lipinski definition) is 3. The Morgan fingerprint density at radius 1 is 0.281 bits per heavy atom. The third kappa shape index (κ3) is 70.2. The Morgan fingerprint density at radius 3 is 0.719 bits per heavy atom. The molecule has 0 aliphatic heterocycles. The van der Waals surface area contributed by atoms with Crippen molar-refractivity contribution < 1.29 is 80.2 Å². The van der Waals surface area contributed by atoms with Crippen LogP contribution < -0.4 is 0 Å². The van der Waals surface area contributed by atoms with Crippen molar-refractivity contribution in [2.24, 2.45) is 0 Å². The standard InChI is InChI=1S/C77H148O17P2/c1-5-9-13-17-21-25-29-33-35-39-43-47-51-55-59-63-76(81)93-72(67-87-74(79)61-57-53-49-45-41-37-31-27-23-19-15-11-7-3)69-91-95(83,84)89-65-71(78)66-90-96(85,86)92-70-73(68-88-75(80)62-58-54-50-46-42-38-32-28-24-20-16-12-8-4)94-77(82)64-60-56-52-48-44-40-36-34-30-26-22-18-14-10-6-2/h33,35,71-73,78H,5-32,34,36-70H2,1-4H3,(H,83,84)(H,85,86)/b35-33-/t71-,72+,73+/m0/s1. The first-order chi connectivity index (χ1) is 46.7. The number of unbranched alkanes of at least 4 members (excludes halogenated alkanes) is 49. The molecule has 17 nitrogen and oxygen atoms in total. The molecular weight excluding hydrogens is 1260 g/mol.